The van der Waals surface area contributed by atoms with Crippen molar-refractivity contribution in [2.75, 3.05) is 6.61 Å². The number of rotatable bonds is 3. The van der Waals surface area contributed by atoms with E-state index in [4.69, 9.17) is 16.7 Å². The predicted molar refractivity (Wildman–Crippen MR) is 57.2 cm³/mol. The van der Waals surface area contributed by atoms with E-state index in [-0.39, 0.29) is 6.61 Å². The van der Waals surface area contributed by atoms with Crippen LogP contribution in [0.2, 0.25) is 5.02 Å². The minimum atomic E-state index is 0.124. The molecule has 0 aliphatic rings. The minimum absolute atomic E-state index is 0.124. The van der Waals surface area contributed by atoms with Crippen LogP contribution in [0, 0.1) is 0 Å². The zero-order valence-corrected chi connectivity index (χ0v) is 8.72. The van der Waals surface area contributed by atoms with E-state index in [0.29, 0.717) is 11.4 Å². The quantitative estimate of drug-likeness (QED) is 0.857. The van der Waals surface area contributed by atoms with Crippen molar-refractivity contribution in [3.05, 3.63) is 41.4 Å². The first-order chi connectivity index (χ1) is 7.31. The van der Waals surface area contributed by atoms with Crippen LogP contribution in [0.5, 0.6) is 0 Å². The van der Waals surface area contributed by atoms with Crippen LogP contribution in [-0.2, 0) is 6.42 Å². The van der Waals surface area contributed by atoms with Gasteiger partial charge in [0.1, 0.15) is 12.7 Å². The van der Waals surface area contributed by atoms with Crippen LogP contribution in [0.15, 0.2) is 30.9 Å². The number of aliphatic hydroxyl groups is 1. The first-order valence-corrected chi connectivity index (χ1v) is 4.93. The summed E-state index contributed by atoms with van der Waals surface area (Å²) in [7, 11) is 0. The number of nitrogens with zero attached hydrogens (tertiary/aromatic N) is 3. The van der Waals surface area contributed by atoms with Crippen LogP contribution in [0.4, 0.5) is 0 Å². The van der Waals surface area contributed by atoms with E-state index in [1.165, 1.54) is 6.33 Å². The summed E-state index contributed by atoms with van der Waals surface area (Å²) in [6.45, 7) is 0.124. The molecule has 4 nitrogen and oxygen atoms in total. The van der Waals surface area contributed by atoms with Crippen LogP contribution < -0.4 is 0 Å². The number of aromatic nitrogens is 3. The maximum absolute atomic E-state index is 8.79. The van der Waals surface area contributed by atoms with Crippen molar-refractivity contribution in [3.63, 3.8) is 0 Å². The largest absolute Gasteiger partial charge is 0.396 e. The average molecular weight is 224 g/mol. The highest BCUT2D eigenvalue weighted by Gasteiger charge is 2.04. The molecule has 0 unspecified atom stereocenters. The molecule has 1 aromatic carbocycles. The Morgan fingerprint density at radius 2 is 2.27 bits per heavy atom. The fourth-order valence-electron chi connectivity index (χ4n) is 1.35. The van der Waals surface area contributed by atoms with Gasteiger partial charge in [-0.25, -0.2) is 9.67 Å². The number of aliphatic hydroxyl groups excluding tert-OH is 1. The molecule has 1 heterocycles. The summed E-state index contributed by atoms with van der Waals surface area (Å²) in [4.78, 5) is 3.85. The van der Waals surface area contributed by atoms with E-state index >= 15 is 0 Å². The first-order valence-electron chi connectivity index (χ1n) is 4.55. The third-order valence-corrected chi connectivity index (χ3v) is 2.38. The molecule has 0 atom stereocenters. The Labute approximate surface area is 92.1 Å². The second-order valence-electron chi connectivity index (χ2n) is 3.10. The van der Waals surface area contributed by atoms with E-state index in [1.54, 1.807) is 11.0 Å². The second kappa shape index (κ2) is 4.42. The van der Waals surface area contributed by atoms with Gasteiger partial charge in [0.15, 0.2) is 0 Å². The molecule has 0 radical (unpaired) electrons. The third-order valence-electron chi connectivity index (χ3n) is 2.08. The molecule has 5 heteroatoms. The van der Waals surface area contributed by atoms with E-state index in [1.807, 2.05) is 18.2 Å². The number of benzene rings is 1. The monoisotopic (exact) mass is 223 g/mol. The van der Waals surface area contributed by atoms with Gasteiger partial charge in [0.05, 0.1) is 10.7 Å². The van der Waals surface area contributed by atoms with E-state index in [0.717, 1.165) is 11.3 Å². The van der Waals surface area contributed by atoms with Crippen LogP contribution in [-0.4, -0.2) is 26.5 Å². The van der Waals surface area contributed by atoms with Gasteiger partial charge in [0.25, 0.3) is 0 Å². The molecule has 15 heavy (non-hydrogen) atoms. The maximum atomic E-state index is 8.79. The number of hydrogen-bond donors (Lipinski definition) is 1. The Bertz CT molecular complexity index is 442. The molecule has 0 amide bonds. The summed E-state index contributed by atoms with van der Waals surface area (Å²) < 4.78 is 1.60. The standard InChI is InChI=1S/C10H10ClN3O/c11-9-5-8(3-4-15)1-2-10(9)14-7-12-6-13-14/h1-2,5-7,15H,3-4H2. The molecule has 0 spiro atoms. The summed E-state index contributed by atoms with van der Waals surface area (Å²) in [5.74, 6) is 0. The van der Waals surface area contributed by atoms with Gasteiger partial charge in [-0.05, 0) is 24.1 Å². The van der Waals surface area contributed by atoms with Crippen LogP contribution in [0.1, 0.15) is 5.56 Å². The zero-order valence-electron chi connectivity index (χ0n) is 7.97. The average Bonchev–Trinajstić information content (AvgIpc) is 2.71. The van der Waals surface area contributed by atoms with Crippen LogP contribution >= 0.6 is 11.6 Å². The Morgan fingerprint density at radius 3 is 2.87 bits per heavy atom. The third kappa shape index (κ3) is 2.16. The molecule has 0 saturated carbocycles. The molecule has 0 saturated heterocycles. The van der Waals surface area contributed by atoms with Crippen molar-refractivity contribution in [1.82, 2.24) is 14.8 Å². The first kappa shape index (κ1) is 10.1. The van der Waals surface area contributed by atoms with Gasteiger partial charge < -0.3 is 5.11 Å². The second-order valence-corrected chi connectivity index (χ2v) is 3.51. The van der Waals surface area contributed by atoms with Gasteiger partial charge >= 0.3 is 0 Å². The summed E-state index contributed by atoms with van der Waals surface area (Å²) in [5.41, 5.74) is 1.79. The lowest BCUT2D eigenvalue weighted by molar-refractivity contribution is 0.299. The molecule has 2 rings (SSSR count). The number of halogens is 1. The molecule has 2 aromatic rings. The van der Waals surface area contributed by atoms with Gasteiger partial charge in [-0.1, -0.05) is 17.7 Å². The van der Waals surface area contributed by atoms with E-state index in [9.17, 15) is 0 Å². The lowest BCUT2D eigenvalue weighted by Crippen LogP contribution is -1.97. The van der Waals surface area contributed by atoms with Gasteiger partial charge in [0.2, 0.25) is 0 Å². The van der Waals surface area contributed by atoms with Crippen molar-refractivity contribution in [2.24, 2.45) is 0 Å². The summed E-state index contributed by atoms with van der Waals surface area (Å²) in [6, 6.07) is 5.61. The Balaban J connectivity index is 2.35. The lowest BCUT2D eigenvalue weighted by atomic mass is 10.1. The van der Waals surface area contributed by atoms with Crippen molar-refractivity contribution in [1.29, 1.82) is 0 Å². The molecule has 1 aromatic heterocycles. The SMILES string of the molecule is OCCc1ccc(-n2cncn2)c(Cl)c1. The molecule has 1 N–H and O–H groups in total. The number of hydrogen-bond acceptors (Lipinski definition) is 3. The highest BCUT2D eigenvalue weighted by molar-refractivity contribution is 6.32. The molecule has 0 aliphatic carbocycles. The van der Waals surface area contributed by atoms with Gasteiger partial charge in [-0.2, -0.15) is 5.10 Å². The maximum Gasteiger partial charge on any atom is 0.138 e. The van der Waals surface area contributed by atoms with Crippen LogP contribution in [0.3, 0.4) is 0 Å². The van der Waals surface area contributed by atoms with Crippen LogP contribution in [0.25, 0.3) is 5.69 Å². The zero-order chi connectivity index (χ0) is 10.7. The molecule has 0 aliphatic heterocycles. The Morgan fingerprint density at radius 1 is 1.40 bits per heavy atom. The van der Waals surface area contributed by atoms with Crippen molar-refractivity contribution < 1.29 is 5.11 Å². The Kier molecular flexibility index (Phi) is 2.99. The van der Waals surface area contributed by atoms with Crippen molar-refractivity contribution in [2.45, 2.75) is 6.42 Å². The molecule has 0 bridgehead atoms. The topological polar surface area (TPSA) is 50.9 Å². The van der Waals surface area contributed by atoms with Gasteiger partial charge in [0, 0.05) is 6.61 Å². The highest BCUT2D eigenvalue weighted by atomic mass is 35.5. The fraction of sp³-hybridized carbons (Fsp3) is 0.200. The molecule has 78 valence electrons. The van der Waals surface area contributed by atoms with Crippen molar-refractivity contribution in [3.8, 4) is 5.69 Å². The summed E-state index contributed by atoms with van der Waals surface area (Å²) in [5, 5.41) is 13.4. The Hall–Kier alpha value is -1.39. The van der Waals surface area contributed by atoms with Gasteiger partial charge in [-0.15, -0.1) is 0 Å². The smallest absolute Gasteiger partial charge is 0.138 e. The molecular formula is C10H10ClN3O. The van der Waals surface area contributed by atoms with Crippen molar-refractivity contribution >= 4 is 11.6 Å². The summed E-state index contributed by atoms with van der Waals surface area (Å²) >= 11 is 6.09. The molecule has 0 fully saturated rings. The summed E-state index contributed by atoms with van der Waals surface area (Å²) in [6.07, 6.45) is 3.66. The van der Waals surface area contributed by atoms with E-state index < -0.39 is 0 Å². The predicted octanol–water partition coefficient (Wildman–Crippen LogP) is 1.46. The normalized spacial score (nSPS) is 10.5. The van der Waals surface area contributed by atoms with E-state index in [2.05, 4.69) is 10.1 Å². The minimum Gasteiger partial charge on any atom is -0.396 e. The fourth-order valence-corrected chi connectivity index (χ4v) is 1.64. The molecular weight excluding hydrogens is 214 g/mol. The highest BCUT2D eigenvalue weighted by Crippen LogP contribution is 2.21. The van der Waals surface area contributed by atoms with Gasteiger partial charge in [-0.3, -0.25) is 0 Å². The lowest BCUT2D eigenvalue weighted by Gasteiger charge is -2.05.